The largest absolute Gasteiger partial charge is 0.494 e. The highest BCUT2D eigenvalue weighted by atomic mass is 35.5. The first-order valence-corrected chi connectivity index (χ1v) is 6.53. The number of aromatic nitrogens is 1. The third-order valence-electron chi connectivity index (χ3n) is 3.13. The third-order valence-corrected chi connectivity index (χ3v) is 3.36. The summed E-state index contributed by atoms with van der Waals surface area (Å²) >= 11 is 5.84. The Kier molecular flexibility index (Phi) is 3.54. The highest BCUT2D eigenvalue weighted by Crippen LogP contribution is 2.29. The molecule has 0 spiro atoms. The fraction of sp³-hybridized carbons (Fsp3) is 0. The van der Waals surface area contributed by atoms with Crippen molar-refractivity contribution in [2.24, 2.45) is 4.99 Å². The Morgan fingerprint density at radius 3 is 2.64 bits per heavy atom. The van der Waals surface area contributed by atoms with E-state index in [-0.39, 0.29) is 17.1 Å². The minimum atomic E-state index is -1.59. The summed E-state index contributed by atoms with van der Waals surface area (Å²) in [6.45, 7) is 0. The lowest BCUT2D eigenvalue weighted by atomic mass is 10.2. The average molecular weight is 325 g/mol. The molecule has 2 aromatic carbocycles. The summed E-state index contributed by atoms with van der Waals surface area (Å²) in [5.74, 6) is -4.46. The number of fused-ring (bicyclic) bond motifs is 1. The maximum Gasteiger partial charge on any atom is 0.198 e. The number of aromatic amines is 1. The Morgan fingerprint density at radius 1 is 1.09 bits per heavy atom. The van der Waals surface area contributed by atoms with Gasteiger partial charge in [-0.3, -0.25) is 4.99 Å². The molecule has 0 aliphatic rings. The van der Waals surface area contributed by atoms with Gasteiger partial charge < -0.3 is 10.1 Å². The van der Waals surface area contributed by atoms with Crippen molar-refractivity contribution >= 4 is 34.4 Å². The van der Waals surface area contributed by atoms with E-state index < -0.39 is 17.5 Å². The van der Waals surface area contributed by atoms with Crippen molar-refractivity contribution in [1.82, 2.24) is 4.98 Å². The summed E-state index contributed by atoms with van der Waals surface area (Å²) in [6, 6.07) is 6.66. The van der Waals surface area contributed by atoms with Gasteiger partial charge in [-0.15, -0.1) is 0 Å². The van der Waals surface area contributed by atoms with Gasteiger partial charge in [-0.2, -0.15) is 0 Å². The van der Waals surface area contributed by atoms with Crippen molar-refractivity contribution in [3.05, 3.63) is 58.4 Å². The predicted molar refractivity (Wildman–Crippen MR) is 78.5 cm³/mol. The highest BCUT2D eigenvalue weighted by molar-refractivity contribution is 6.31. The van der Waals surface area contributed by atoms with Gasteiger partial charge >= 0.3 is 0 Å². The SMILES string of the molecule is Oc1[nH]c2cc(Cl)ccc2c1C=Nc1ccc(F)c(F)c1F. The van der Waals surface area contributed by atoms with Crippen LogP contribution in [0, 0.1) is 17.5 Å². The number of hydrogen-bond acceptors (Lipinski definition) is 2. The summed E-state index contributed by atoms with van der Waals surface area (Å²) in [6.07, 6.45) is 1.16. The summed E-state index contributed by atoms with van der Waals surface area (Å²) in [5.41, 5.74) is 0.481. The number of rotatable bonds is 2. The molecule has 0 unspecified atom stereocenters. The van der Waals surface area contributed by atoms with Gasteiger partial charge in [-0.1, -0.05) is 17.7 Å². The first-order valence-electron chi connectivity index (χ1n) is 6.15. The molecule has 0 saturated carbocycles. The van der Waals surface area contributed by atoms with Crippen LogP contribution in [0.3, 0.4) is 0 Å². The number of hydrogen-bond donors (Lipinski definition) is 2. The highest BCUT2D eigenvalue weighted by Gasteiger charge is 2.13. The molecule has 3 nitrogen and oxygen atoms in total. The van der Waals surface area contributed by atoms with Crippen LogP contribution in [0.15, 0.2) is 35.3 Å². The number of nitrogens with zero attached hydrogens (tertiary/aromatic N) is 1. The van der Waals surface area contributed by atoms with Crippen LogP contribution in [0.2, 0.25) is 5.02 Å². The Morgan fingerprint density at radius 2 is 1.86 bits per heavy atom. The van der Waals surface area contributed by atoms with Crippen molar-refractivity contribution in [3.8, 4) is 5.88 Å². The molecule has 0 radical (unpaired) electrons. The van der Waals surface area contributed by atoms with Crippen molar-refractivity contribution in [1.29, 1.82) is 0 Å². The average Bonchev–Trinajstić information content (AvgIpc) is 2.79. The number of aromatic hydroxyl groups is 1. The first-order chi connectivity index (χ1) is 10.5. The molecule has 1 heterocycles. The van der Waals surface area contributed by atoms with E-state index in [2.05, 4.69) is 9.98 Å². The second-order valence-electron chi connectivity index (χ2n) is 4.53. The van der Waals surface area contributed by atoms with E-state index in [0.717, 1.165) is 18.3 Å². The van der Waals surface area contributed by atoms with Gasteiger partial charge in [-0.25, -0.2) is 13.2 Å². The van der Waals surface area contributed by atoms with E-state index in [4.69, 9.17) is 11.6 Å². The molecule has 112 valence electrons. The number of H-pyrrole nitrogens is 1. The molecule has 3 rings (SSSR count). The van der Waals surface area contributed by atoms with Gasteiger partial charge in [0.05, 0.1) is 11.1 Å². The van der Waals surface area contributed by atoms with Crippen molar-refractivity contribution in [2.45, 2.75) is 0 Å². The Hall–Kier alpha value is -2.47. The molecule has 1 aromatic heterocycles. The number of aliphatic imine (C=N–C) groups is 1. The second-order valence-corrected chi connectivity index (χ2v) is 4.97. The Bertz CT molecular complexity index is 905. The van der Waals surface area contributed by atoms with Crippen LogP contribution in [0.25, 0.3) is 10.9 Å². The zero-order chi connectivity index (χ0) is 15.9. The van der Waals surface area contributed by atoms with Crippen molar-refractivity contribution in [3.63, 3.8) is 0 Å². The molecule has 3 aromatic rings. The Labute approximate surface area is 127 Å². The monoisotopic (exact) mass is 324 g/mol. The van der Waals surface area contributed by atoms with E-state index in [1.165, 1.54) is 0 Å². The summed E-state index contributed by atoms with van der Waals surface area (Å²) in [5, 5.41) is 10.9. The van der Waals surface area contributed by atoms with Crippen LogP contribution >= 0.6 is 11.6 Å². The quantitative estimate of drug-likeness (QED) is 0.521. The maximum atomic E-state index is 13.5. The van der Waals surface area contributed by atoms with E-state index in [1.807, 2.05) is 0 Å². The van der Waals surface area contributed by atoms with Crippen molar-refractivity contribution in [2.75, 3.05) is 0 Å². The van der Waals surface area contributed by atoms with Gasteiger partial charge in [0, 0.05) is 16.6 Å². The molecule has 0 amide bonds. The molecule has 0 atom stereocenters. The minimum Gasteiger partial charge on any atom is -0.494 e. The minimum absolute atomic E-state index is 0.191. The molecule has 0 aliphatic heterocycles. The molecule has 0 fully saturated rings. The topological polar surface area (TPSA) is 48.4 Å². The molecule has 0 aliphatic carbocycles. The fourth-order valence-corrected chi connectivity index (χ4v) is 2.23. The summed E-state index contributed by atoms with van der Waals surface area (Å²) in [4.78, 5) is 6.46. The van der Waals surface area contributed by atoms with Gasteiger partial charge in [0.2, 0.25) is 0 Å². The lowest BCUT2D eigenvalue weighted by Gasteiger charge is -1.99. The normalized spacial score (nSPS) is 11.6. The molecule has 0 saturated heterocycles. The summed E-state index contributed by atoms with van der Waals surface area (Å²) in [7, 11) is 0. The van der Waals surface area contributed by atoms with Gasteiger partial charge in [0.1, 0.15) is 5.69 Å². The van der Waals surface area contributed by atoms with Crippen LogP contribution in [0.1, 0.15) is 5.56 Å². The molecular formula is C15H8ClF3N2O. The first kappa shape index (κ1) is 14.5. The smallest absolute Gasteiger partial charge is 0.198 e. The van der Waals surface area contributed by atoms with Crippen molar-refractivity contribution < 1.29 is 18.3 Å². The number of benzene rings is 2. The fourth-order valence-electron chi connectivity index (χ4n) is 2.06. The zero-order valence-electron chi connectivity index (χ0n) is 10.9. The molecule has 2 N–H and O–H groups in total. The van der Waals surface area contributed by atoms with Crippen LogP contribution in [0.5, 0.6) is 5.88 Å². The molecule has 22 heavy (non-hydrogen) atoms. The molecular weight excluding hydrogens is 317 g/mol. The van der Waals surface area contributed by atoms with Crippen LogP contribution in [0.4, 0.5) is 18.9 Å². The van der Waals surface area contributed by atoms with Crippen LogP contribution in [-0.2, 0) is 0 Å². The lowest BCUT2D eigenvalue weighted by Crippen LogP contribution is -1.90. The predicted octanol–water partition coefficient (Wildman–Crippen LogP) is 4.69. The van der Waals surface area contributed by atoms with E-state index >= 15 is 0 Å². The standard InChI is InChI=1S/C15H8ClF3N2O/c16-7-1-2-8-9(15(22)21-12(8)5-7)6-20-11-4-3-10(17)13(18)14(11)19/h1-6,21-22H. The number of halogens is 4. The molecule has 0 bridgehead atoms. The molecule has 7 heteroatoms. The second kappa shape index (κ2) is 5.38. The zero-order valence-corrected chi connectivity index (χ0v) is 11.6. The third kappa shape index (κ3) is 2.42. The van der Waals surface area contributed by atoms with E-state index in [0.29, 0.717) is 15.9 Å². The van der Waals surface area contributed by atoms with Crippen LogP contribution in [-0.4, -0.2) is 16.3 Å². The van der Waals surface area contributed by atoms with E-state index in [9.17, 15) is 18.3 Å². The Balaban J connectivity index is 2.07. The maximum absolute atomic E-state index is 13.5. The number of nitrogens with one attached hydrogen (secondary N) is 1. The summed E-state index contributed by atoms with van der Waals surface area (Å²) < 4.78 is 39.5. The lowest BCUT2D eigenvalue weighted by molar-refractivity contribution is 0.448. The van der Waals surface area contributed by atoms with E-state index in [1.54, 1.807) is 18.2 Å². The van der Waals surface area contributed by atoms with Gasteiger partial charge in [-0.05, 0) is 24.3 Å². The van der Waals surface area contributed by atoms with Gasteiger partial charge in [0.15, 0.2) is 23.3 Å². The van der Waals surface area contributed by atoms with Crippen LogP contribution < -0.4 is 0 Å². The van der Waals surface area contributed by atoms with Gasteiger partial charge in [0.25, 0.3) is 0 Å².